The van der Waals surface area contributed by atoms with Gasteiger partial charge >= 0.3 is 5.69 Å². The Balaban J connectivity index is 2.54. The number of nitrogens with zero attached hydrogens (tertiary/aromatic N) is 1. The first-order valence-electron chi connectivity index (χ1n) is 5.77. The highest BCUT2D eigenvalue weighted by atomic mass is 35.5. The molecule has 0 aliphatic rings. The molecule has 3 aromatic rings. The molecular weight excluding hydrogens is 299 g/mol. The van der Waals surface area contributed by atoms with E-state index in [-0.39, 0.29) is 0 Å². The third-order valence-corrected chi connectivity index (χ3v) is 3.52. The van der Waals surface area contributed by atoms with Gasteiger partial charge in [-0.05, 0) is 30.3 Å². The van der Waals surface area contributed by atoms with Gasteiger partial charge in [0.2, 0.25) is 0 Å². The molecule has 3 rings (SSSR count). The molecule has 0 fully saturated rings. The molecule has 0 radical (unpaired) electrons. The summed E-state index contributed by atoms with van der Waals surface area (Å²) in [6.07, 6.45) is 0. The molecule has 0 aliphatic carbocycles. The number of rotatable bonds is 1. The van der Waals surface area contributed by atoms with Crippen molar-refractivity contribution in [3.63, 3.8) is 0 Å². The van der Waals surface area contributed by atoms with Crippen molar-refractivity contribution in [2.24, 2.45) is 0 Å². The average molecular weight is 307 g/mol. The fourth-order valence-corrected chi connectivity index (χ4v) is 2.47. The summed E-state index contributed by atoms with van der Waals surface area (Å²) >= 11 is 12.1. The molecule has 0 aliphatic heterocycles. The van der Waals surface area contributed by atoms with Crippen molar-refractivity contribution in [1.82, 2.24) is 9.55 Å². The predicted molar refractivity (Wildman–Crippen MR) is 80.2 cm³/mol. The lowest BCUT2D eigenvalue weighted by Gasteiger charge is -2.11. The van der Waals surface area contributed by atoms with Crippen LogP contribution in [0.3, 0.4) is 0 Å². The highest BCUT2D eigenvalue weighted by molar-refractivity contribution is 6.32. The molecule has 1 N–H and O–H groups in total. The first kappa shape index (κ1) is 13.0. The lowest BCUT2D eigenvalue weighted by Crippen LogP contribution is -2.29. The maximum absolute atomic E-state index is 12.1. The van der Waals surface area contributed by atoms with Gasteiger partial charge in [0, 0.05) is 5.02 Å². The first-order valence-corrected chi connectivity index (χ1v) is 6.53. The Morgan fingerprint density at radius 1 is 1.00 bits per heavy atom. The van der Waals surface area contributed by atoms with Crippen LogP contribution in [-0.4, -0.2) is 9.55 Å². The molecule has 0 saturated carbocycles. The zero-order chi connectivity index (χ0) is 14.3. The molecule has 0 unspecified atom stereocenters. The smallest absolute Gasteiger partial charge is 0.273 e. The average Bonchev–Trinajstić information content (AvgIpc) is 2.40. The SMILES string of the molecule is O=c1[nH]c(=O)n(-c2ccccc2Cl)c2cc(Cl)ccc12. The van der Waals surface area contributed by atoms with Crippen LogP contribution >= 0.6 is 23.2 Å². The molecule has 1 aromatic heterocycles. The van der Waals surface area contributed by atoms with Gasteiger partial charge in [-0.25, -0.2) is 4.79 Å². The topological polar surface area (TPSA) is 54.9 Å². The number of hydrogen-bond acceptors (Lipinski definition) is 2. The summed E-state index contributed by atoms with van der Waals surface area (Å²) in [5.74, 6) is 0. The van der Waals surface area contributed by atoms with E-state index in [1.54, 1.807) is 42.5 Å². The number of aromatic nitrogens is 2. The maximum atomic E-state index is 12.1. The second-order valence-corrected chi connectivity index (χ2v) is 5.05. The van der Waals surface area contributed by atoms with Gasteiger partial charge in [0.05, 0.1) is 21.6 Å². The zero-order valence-electron chi connectivity index (χ0n) is 10.1. The van der Waals surface area contributed by atoms with E-state index in [1.165, 1.54) is 4.57 Å². The number of aromatic amines is 1. The summed E-state index contributed by atoms with van der Waals surface area (Å²) in [7, 11) is 0. The van der Waals surface area contributed by atoms with E-state index in [2.05, 4.69) is 4.98 Å². The molecule has 1 heterocycles. The Labute approximate surface area is 123 Å². The minimum Gasteiger partial charge on any atom is -0.273 e. The second-order valence-electron chi connectivity index (χ2n) is 4.21. The fraction of sp³-hybridized carbons (Fsp3) is 0. The van der Waals surface area contributed by atoms with Crippen molar-refractivity contribution in [3.05, 3.63) is 73.3 Å². The van der Waals surface area contributed by atoms with Crippen molar-refractivity contribution in [1.29, 1.82) is 0 Å². The van der Waals surface area contributed by atoms with E-state index in [0.29, 0.717) is 26.6 Å². The fourth-order valence-electron chi connectivity index (χ4n) is 2.08. The Kier molecular flexibility index (Phi) is 3.12. The molecule has 6 heteroatoms. The van der Waals surface area contributed by atoms with E-state index < -0.39 is 11.2 Å². The second kappa shape index (κ2) is 4.81. The Bertz CT molecular complexity index is 928. The molecule has 100 valence electrons. The minimum absolute atomic E-state index is 0.369. The molecular formula is C14H8Cl2N2O2. The van der Waals surface area contributed by atoms with Crippen LogP contribution < -0.4 is 11.2 Å². The van der Waals surface area contributed by atoms with Crippen molar-refractivity contribution in [2.45, 2.75) is 0 Å². The normalized spacial score (nSPS) is 10.9. The van der Waals surface area contributed by atoms with Gasteiger partial charge in [0.25, 0.3) is 5.56 Å². The predicted octanol–water partition coefficient (Wildman–Crippen LogP) is 2.99. The van der Waals surface area contributed by atoms with Crippen LogP contribution in [-0.2, 0) is 0 Å². The number of halogens is 2. The molecule has 0 spiro atoms. The Hall–Kier alpha value is -2.04. The lowest BCUT2D eigenvalue weighted by atomic mass is 10.2. The van der Waals surface area contributed by atoms with Gasteiger partial charge in [-0.15, -0.1) is 0 Å². The number of nitrogens with one attached hydrogen (secondary N) is 1. The number of benzene rings is 2. The van der Waals surface area contributed by atoms with Gasteiger partial charge in [-0.1, -0.05) is 35.3 Å². The third kappa shape index (κ3) is 2.03. The monoisotopic (exact) mass is 306 g/mol. The first-order chi connectivity index (χ1) is 9.58. The minimum atomic E-state index is -0.558. The molecule has 0 saturated heterocycles. The van der Waals surface area contributed by atoms with Crippen LogP contribution in [0.25, 0.3) is 16.6 Å². The van der Waals surface area contributed by atoms with Gasteiger partial charge in [0.15, 0.2) is 0 Å². The lowest BCUT2D eigenvalue weighted by molar-refractivity contribution is 0.943. The van der Waals surface area contributed by atoms with E-state index >= 15 is 0 Å². The highest BCUT2D eigenvalue weighted by Gasteiger charge is 2.11. The zero-order valence-corrected chi connectivity index (χ0v) is 11.6. The summed E-state index contributed by atoms with van der Waals surface area (Å²) in [4.78, 5) is 26.2. The molecule has 0 bridgehead atoms. The summed E-state index contributed by atoms with van der Waals surface area (Å²) in [5.41, 5.74) is -0.107. The van der Waals surface area contributed by atoms with E-state index in [0.717, 1.165) is 0 Å². The van der Waals surface area contributed by atoms with Crippen LogP contribution in [0, 0.1) is 0 Å². The van der Waals surface area contributed by atoms with Crippen molar-refractivity contribution in [3.8, 4) is 5.69 Å². The van der Waals surface area contributed by atoms with Gasteiger partial charge in [-0.2, -0.15) is 0 Å². The molecule has 4 nitrogen and oxygen atoms in total. The molecule has 2 aromatic carbocycles. The number of fused-ring (bicyclic) bond motifs is 1. The summed E-state index contributed by atoms with van der Waals surface area (Å²) in [5, 5.41) is 1.21. The molecule has 0 atom stereocenters. The van der Waals surface area contributed by atoms with Crippen LogP contribution in [0.4, 0.5) is 0 Å². The Morgan fingerprint density at radius 2 is 1.75 bits per heavy atom. The van der Waals surface area contributed by atoms with E-state index in [1.807, 2.05) is 0 Å². The van der Waals surface area contributed by atoms with Gasteiger partial charge in [-0.3, -0.25) is 14.3 Å². The molecule has 0 amide bonds. The summed E-state index contributed by atoms with van der Waals surface area (Å²) in [6.45, 7) is 0. The standard InChI is InChI=1S/C14H8Cl2N2O2/c15-8-5-6-9-12(7-8)18(14(20)17-13(9)19)11-4-2-1-3-10(11)16/h1-7H,(H,17,19,20). The highest BCUT2D eigenvalue weighted by Crippen LogP contribution is 2.23. The van der Waals surface area contributed by atoms with E-state index in [9.17, 15) is 9.59 Å². The third-order valence-electron chi connectivity index (χ3n) is 2.96. The van der Waals surface area contributed by atoms with Gasteiger partial charge < -0.3 is 0 Å². The van der Waals surface area contributed by atoms with Crippen LogP contribution in [0.2, 0.25) is 10.0 Å². The van der Waals surface area contributed by atoms with Crippen molar-refractivity contribution < 1.29 is 0 Å². The Morgan fingerprint density at radius 3 is 2.50 bits per heavy atom. The number of H-pyrrole nitrogens is 1. The van der Waals surface area contributed by atoms with Crippen LogP contribution in [0.1, 0.15) is 0 Å². The summed E-state index contributed by atoms with van der Waals surface area (Å²) < 4.78 is 1.34. The summed E-state index contributed by atoms with van der Waals surface area (Å²) in [6, 6.07) is 11.6. The molecule has 20 heavy (non-hydrogen) atoms. The number of para-hydroxylation sites is 1. The van der Waals surface area contributed by atoms with Crippen molar-refractivity contribution in [2.75, 3.05) is 0 Å². The largest absolute Gasteiger partial charge is 0.333 e. The maximum Gasteiger partial charge on any atom is 0.333 e. The quantitative estimate of drug-likeness (QED) is 0.751. The van der Waals surface area contributed by atoms with Crippen LogP contribution in [0.5, 0.6) is 0 Å². The van der Waals surface area contributed by atoms with Crippen LogP contribution in [0.15, 0.2) is 52.1 Å². The van der Waals surface area contributed by atoms with Gasteiger partial charge in [0.1, 0.15) is 0 Å². The van der Waals surface area contributed by atoms with Crippen molar-refractivity contribution >= 4 is 34.1 Å². The number of hydrogen-bond donors (Lipinski definition) is 1. The van der Waals surface area contributed by atoms with E-state index in [4.69, 9.17) is 23.2 Å².